The molecular formula is C8H7BrF3NO3. The molecule has 0 amide bonds. The van der Waals surface area contributed by atoms with Crippen LogP contribution >= 0.6 is 15.9 Å². The molecule has 1 aromatic heterocycles. The predicted octanol–water partition coefficient (Wildman–Crippen LogP) is 2.18. The van der Waals surface area contributed by atoms with Gasteiger partial charge in [0.15, 0.2) is 11.5 Å². The molecule has 0 saturated heterocycles. The fourth-order valence-corrected chi connectivity index (χ4v) is 1.49. The van der Waals surface area contributed by atoms with Crippen molar-refractivity contribution in [3.8, 4) is 11.5 Å². The van der Waals surface area contributed by atoms with Crippen molar-refractivity contribution in [1.29, 1.82) is 0 Å². The van der Waals surface area contributed by atoms with Gasteiger partial charge in [-0.25, -0.2) is 0 Å². The van der Waals surface area contributed by atoms with E-state index in [0.29, 0.717) is 6.07 Å². The van der Waals surface area contributed by atoms with Crippen LogP contribution in [0.2, 0.25) is 0 Å². The first kappa shape index (κ1) is 12.9. The van der Waals surface area contributed by atoms with Gasteiger partial charge in [0.2, 0.25) is 0 Å². The summed E-state index contributed by atoms with van der Waals surface area (Å²) in [5, 5.41) is 0.139. The Morgan fingerprint density at radius 2 is 2.12 bits per heavy atom. The monoisotopic (exact) mass is 301 g/mol. The number of pyridine rings is 1. The van der Waals surface area contributed by atoms with E-state index in [2.05, 4.69) is 25.7 Å². The molecule has 0 bridgehead atoms. The van der Waals surface area contributed by atoms with Crippen LogP contribution in [0.4, 0.5) is 13.2 Å². The van der Waals surface area contributed by atoms with E-state index in [9.17, 15) is 18.0 Å². The summed E-state index contributed by atoms with van der Waals surface area (Å²) >= 11 is 3.01. The van der Waals surface area contributed by atoms with Crippen LogP contribution in [0.15, 0.2) is 10.9 Å². The van der Waals surface area contributed by atoms with Crippen molar-refractivity contribution >= 4 is 15.9 Å². The summed E-state index contributed by atoms with van der Waals surface area (Å²) in [5.41, 5.74) is -0.524. The molecule has 1 N–H and O–H groups in total. The Balaban J connectivity index is 3.26. The van der Waals surface area contributed by atoms with Crippen molar-refractivity contribution in [1.82, 2.24) is 4.98 Å². The number of nitrogens with one attached hydrogen (secondary N) is 1. The minimum absolute atomic E-state index is 0.139. The molecule has 0 fully saturated rings. The highest BCUT2D eigenvalue weighted by atomic mass is 79.9. The van der Waals surface area contributed by atoms with E-state index in [0.717, 1.165) is 0 Å². The highest BCUT2D eigenvalue weighted by Crippen LogP contribution is 2.33. The molecule has 4 nitrogen and oxygen atoms in total. The normalized spacial score (nSPS) is 11.3. The van der Waals surface area contributed by atoms with Crippen molar-refractivity contribution in [2.45, 2.75) is 11.7 Å². The van der Waals surface area contributed by atoms with Gasteiger partial charge in [0.25, 0.3) is 5.56 Å². The van der Waals surface area contributed by atoms with E-state index in [1.165, 1.54) is 7.11 Å². The van der Waals surface area contributed by atoms with Crippen LogP contribution in [0, 0.1) is 0 Å². The Hall–Kier alpha value is -1.18. The second kappa shape index (κ2) is 4.77. The topological polar surface area (TPSA) is 51.3 Å². The molecule has 0 spiro atoms. The van der Waals surface area contributed by atoms with Gasteiger partial charge >= 0.3 is 6.36 Å². The number of alkyl halides is 4. The number of ether oxygens (including phenoxy) is 2. The van der Waals surface area contributed by atoms with Gasteiger partial charge in [-0.1, -0.05) is 15.9 Å². The van der Waals surface area contributed by atoms with E-state index >= 15 is 0 Å². The molecule has 0 atom stereocenters. The van der Waals surface area contributed by atoms with Gasteiger partial charge < -0.3 is 14.5 Å². The van der Waals surface area contributed by atoms with Crippen LogP contribution in [0.25, 0.3) is 0 Å². The molecule has 0 radical (unpaired) electrons. The van der Waals surface area contributed by atoms with E-state index in [4.69, 9.17) is 4.74 Å². The first-order valence-corrected chi connectivity index (χ1v) is 5.11. The fourth-order valence-electron chi connectivity index (χ4n) is 1.09. The summed E-state index contributed by atoms with van der Waals surface area (Å²) in [6.07, 6.45) is -4.87. The van der Waals surface area contributed by atoms with Crippen LogP contribution < -0.4 is 15.0 Å². The van der Waals surface area contributed by atoms with Crippen molar-refractivity contribution in [2.24, 2.45) is 0 Å². The van der Waals surface area contributed by atoms with Crippen LogP contribution in [0.3, 0.4) is 0 Å². The molecule has 0 aliphatic heterocycles. The van der Waals surface area contributed by atoms with Gasteiger partial charge in [0.05, 0.1) is 12.8 Å². The van der Waals surface area contributed by atoms with E-state index in [-0.39, 0.29) is 16.8 Å². The number of hydrogen-bond acceptors (Lipinski definition) is 3. The Kier molecular flexibility index (Phi) is 3.84. The molecule has 8 heteroatoms. The fraction of sp³-hybridized carbons (Fsp3) is 0.375. The Labute approximate surface area is 96.5 Å². The number of H-pyrrole nitrogens is 1. The third kappa shape index (κ3) is 3.16. The van der Waals surface area contributed by atoms with Gasteiger partial charge in [-0.05, 0) is 0 Å². The summed E-state index contributed by atoms with van der Waals surface area (Å²) < 4.78 is 44.5. The lowest BCUT2D eigenvalue weighted by molar-refractivity contribution is -0.275. The number of halogens is 4. The lowest BCUT2D eigenvalue weighted by Gasteiger charge is -2.13. The summed E-state index contributed by atoms with van der Waals surface area (Å²) in [7, 11) is 1.18. The van der Waals surface area contributed by atoms with Crippen molar-refractivity contribution in [3.05, 3.63) is 22.1 Å². The summed E-state index contributed by atoms with van der Waals surface area (Å²) in [5.74, 6) is -0.818. The van der Waals surface area contributed by atoms with Gasteiger partial charge in [0.1, 0.15) is 0 Å². The molecule has 1 rings (SSSR count). The quantitative estimate of drug-likeness (QED) is 0.871. The summed E-state index contributed by atoms with van der Waals surface area (Å²) in [6, 6.07) is 0.679. The maximum absolute atomic E-state index is 12.0. The second-order valence-electron chi connectivity index (χ2n) is 2.69. The predicted molar refractivity (Wildman–Crippen MR) is 52.9 cm³/mol. The van der Waals surface area contributed by atoms with Crippen LogP contribution in [-0.2, 0) is 5.33 Å². The third-order valence-electron chi connectivity index (χ3n) is 1.60. The smallest absolute Gasteiger partial charge is 0.491 e. The zero-order chi connectivity index (χ0) is 12.3. The molecular weight excluding hydrogens is 295 g/mol. The zero-order valence-corrected chi connectivity index (χ0v) is 9.61. The Morgan fingerprint density at radius 3 is 2.56 bits per heavy atom. The molecule has 0 aliphatic carbocycles. The SMILES string of the molecule is COc1c(OC(F)(F)F)cc(=O)[nH]c1CBr. The molecule has 1 aromatic rings. The molecule has 0 unspecified atom stereocenters. The first-order chi connectivity index (χ1) is 7.37. The maximum atomic E-state index is 12.0. The summed E-state index contributed by atoms with van der Waals surface area (Å²) in [4.78, 5) is 13.4. The van der Waals surface area contributed by atoms with Crippen molar-refractivity contribution < 1.29 is 22.6 Å². The van der Waals surface area contributed by atoms with E-state index < -0.39 is 17.7 Å². The Morgan fingerprint density at radius 1 is 1.50 bits per heavy atom. The van der Waals surface area contributed by atoms with Gasteiger partial charge in [-0.15, -0.1) is 13.2 Å². The zero-order valence-electron chi connectivity index (χ0n) is 8.02. The number of hydrogen-bond donors (Lipinski definition) is 1. The van der Waals surface area contributed by atoms with Gasteiger partial charge in [-0.3, -0.25) is 4.79 Å². The largest absolute Gasteiger partial charge is 0.573 e. The van der Waals surface area contributed by atoms with Crippen LogP contribution in [-0.4, -0.2) is 18.5 Å². The minimum atomic E-state index is -4.87. The molecule has 0 aromatic carbocycles. The van der Waals surface area contributed by atoms with Crippen LogP contribution in [0.5, 0.6) is 11.5 Å². The number of rotatable bonds is 3. The van der Waals surface area contributed by atoms with Gasteiger partial charge in [0, 0.05) is 11.4 Å². The molecule has 90 valence electrons. The highest BCUT2D eigenvalue weighted by molar-refractivity contribution is 9.08. The molecule has 1 heterocycles. The lowest BCUT2D eigenvalue weighted by atomic mass is 10.3. The molecule has 0 aliphatic rings. The minimum Gasteiger partial charge on any atom is -0.491 e. The highest BCUT2D eigenvalue weighted by Gasteiger charge is 2.33. The van der Waals surface area contributed by atoms with E-state index in [1.807, 2.05) is 0 Å². The second-order valence-corrected chi connectivity index (χ2v) is 3.25. The van der Waals surface area contributed by atoms with Gasteiger partial charge in [-0.2, -0.15) is 0 Å². The average molecular weight is 302 g/mol. The maximum Gasteiger partial charge on any atom is 0.573 e. The standard InChI is InChI=1S/C8H7BrF3NO3/c1-15-7-4(3-9)13-6(14)2-5(7)16-8(10,11)12/h2H,3H2,1H3,(H,13,14). The van der Waals surface area contributed by atoms with Crippen molar-refractivity contribution in [2.75, 3.05) is 7.11 Å². The van der Waals surface area contributed by atoms with Crippen molar-refractivity contribution in [3.63, 3.8) is 0 Å². The van der Waals surface area contributed by atoms with E-state index in [1.54, 1.807) is 0 Å². The summed E-state index contributed by atoms with van der Waals surface area (Å²) in [6.45, 7) is 0. The number of methoxy groups -OCH3 is 1. The van der Waals surface area contributed by atoms with Crippen LogP contribution in [0.1, 0.15) is 5.69 Å². The lowest BCUT2D eigenvalue weighted by Crippen LogP contribution is -2.20. The number of aromatic nitrogens is 1. The first-order valence-electron chi connectivity index (χ1n) is 3.99. The Bertz CT molecular complexity index is 430. The third-order valence-corrected chi connectivity index (χ3v) is 2.16. The molecule has 16 heavy (non-hydrogen) atoms. The molecule has 0 saturated carbocycles. The number of aromatic amines is 1. The average Bonchev–Trinajstić information content (AvgIpc) is 2.14.